The smallest absolute Gasteiger partial charge is 0.213 e. The largest absolute Gasteiger partial charge is 0.313 e. The van der Waals surface area contributed by atoms with Crippen molar-refractivity contribution < 1.29 is 8.42 Å². The van der Waals surface area contributed by atoms with Crippen LogP contribution in [0.25, 0.3) is 0 Å². The molecule has 8 heteroatoms. The minimum atomic E-state index is -3.18. The average Bonchev–Trinajstić information content (AvgIpc) is 2.88. The molecule has 3 N–H and O–H groups in total. The van der Waals surface area contributed by atoms with E-state index in [-0.39, 0.29) is 11.8 Å². The fourth-order valence-electron chi connectivity index (χ4n) is 2.22. The number of aromatic amines is 1. The zero-order valence-electron chi connectivity index (χ0n) is 10.9. The molecule has 1 aromatic heterocycles. The van der Waals surface area contributed by atoms with E-state index in [1.165, 1.54) is 6.33 Å². The molecule has 1 saturated heterocycles. The molecule has 0 aromatic carbocycles. The third-order valence-electron chi connectivity index (χ3n) is 3.21. The van der Waals surface area contributed by atoms with E-state index in [9.17, 15) is 8.42 Å². The standard InChI is InChI=1S/C11H21N5O2S/c17-19(18,8-10-4-1-2-6-12-10)15-7-3-5-11-13-9-14-16-11/h9-10,12,15H,1-8H2,(H,13,14,16). The quantitative estimate of drug-likeness (QED) is 0.603. The van der Waals surface area contributed by atoms with Gasteiger partial charge in [-0.05, 0) is 25.8 Å². The second-order valence-electron chi connectivity index (χ2n) is 4.86. The van der Waals surface area contributed by atoms with Crippen LogP contribution in [-0.4, -0.2) is 48.5 Å². The second-order valence-corrected chi connectivity index (χ2v) is 6.71. The molecule has 0 aliphatic carbocycles. The van der Waals surface area contributed by atoms with Gasteiger partial charge in [-0.25, -0.2) is 18.1 Å². The minimum absolute atomic E-state index is 0.0977. The molecule has 2 heterocycles. The van der Waals surface area contributed by atoms with Crippen LogP contribution >= 0.6 is 0 Å². The Bertz CT molecular complexity index is 453. The lowest BCUT2D eigenvalue weighted by atomic mass is 10.1. The summed E-state index contributed by atoms with van der Waals surface area (Å²) in [6, 6.07) is 0.0977. The predicted molar refractivity (Wildman–Crippen MR) is 72.1 cm³/mol. The molecule has 108 valence electrons. The number of nitrogens with zero attached hydrogens (tertiary/aromatic N) is 2. The number of aryl methyl sites for hydroxylation is 1. The van der Waals surface area contributed by atoms with Gasteiger partial charge in [0.1, 0.15) is 12.2 Å². The zero-order chi connectivity index (χ0) is 13.6. The summed E-state index contributed by atoms with van der Waals surface area (Å²) in [5.74, 6) is 0.961. The Morgan fingerprint density at radius 1 is 1.42 bits per heavy atom. The van der Waals surface area contributed by atoms with Gasteiger partial charge in [0, 0.05) is 19.0 Å². The molecule has 0 saturated carbocycles. The van der Waals surface area contributed by atoms with Crippen LogP contribution in [0.5, 0.6) is 0 Å². The summed E-state index contributed by atoms with van der Waals surface area (Å²) >= 11 is 0. The summed E-state index contributed by atoms with van der Waals surface area (Å²) in [6.07, 6.45) is 6.06. The molecular formula is C11H21N5O2S. The predicted octanol–water partition coefficient (Wildman–Crippen LogP) is -0.201. The van der Waals surface area contributed by atoms with Crippen LogP contribution in [0.3, 0.4) is 0 Å². The number of aromatic nitrogens is 3. The van der Waals surface area contributed by atoms with Gasteiger partial charge in [0.25, 0.3) is 0 Å². The fourth-order valence-corrected chi connectivity index (χ4v) is 3.61. The molecule has 1 atom stereocenters. The van der Waals surface area contributed by atoms with Crippen molar-refractivity contribution >= 4 is 10.0 Å². The Labute approximate surface area is 113 Å². The van der Waals surface area contributed by atoms with Crippen molar-refractivity contribution in [3.05, 3.63) is 12.2 Å². The lowest BCUT2D eigenvalue weighted by Gasteiger charge is -2.23. The first-order chi connectivity index (χ1) is 9.16. The van der Waals surface area contributed by atoms with Gasteiger partial charge in [-0.15, -0.1) is 0 Å². The van der Waals surface area contributed by atoms with Gasteiger partial charge in [-0.3, -0.25) is 5.10 Å². The first-order valence-corrected chi connectivity index (χ1v) is 8.36. The number of sulfonamides is 1. The maximum Gasteiger partial charge on any atom is 0.213 e. The van der Waals surface area contributed by atoms with E-state index in [0.29, 0.717) is 19.4 Å². The summed E-state index contributed by atoms with van der Waals surface area (Å²) < 4.78 is 26.4. The van der Waals surface area contributed by atoms with Crippen LogP contribution in [-0.2, 0) is 16.4 Å². The van der Waals surface area contributed by atoms with E-state index >= 15 is 0 Å². The summed E-state index contributed by atoms with van der Waals surface area (Å²) in [5.41, 5.74) is 0. The molecule has 0 radical (unpaired) electrons. The Hall–Kier alpha value is -0.990. The van der Waals surface area contributed by atoms with Crippen molar-refractivity contribution in [2.45, 2.75) is 38.1 Å². The third kappa shape index (κ3) is 5.25. The van der Waals surface area contributed by atoms with Crippen molar-refractivity contribution in [1.82, 2.24) is 25.2 Å². The molecule has 1 aromatic rings. The highest BCUT2D eigenvalue weighted by atomic mass is 32.2. The molecule has 0 bridgehead atoms. The van der Waals surface area contributed by atoms with E-state index in [4.69, 9.17) is 0 Å². The van der Waals surface area contributed by atoms with Gasteiger partial charge in [0.15, 0.2) is 0 Å². The van der Waals surface area contributed by atoms with Crippen LogP contribution in [0, 0.1) is 0 Å². The summed E-state index contributed by atoms with van der Waals surface area (Å²) in [5, 5.41) is 9.74. The fraction of sp³-hybridized carbons (Fsp3) is 0.818. The summed E-state index contributed by atoms with van der Waals surface area (Å²) in [4.78, 5) is 3.99. The Balaban J connectivity index is 1.65. The highest BCUT2D eigenvalue weighted by Gasteiger charge is 2.20. The molecule has 1 unspecified atom stereocenters. The van der Waals surface area contributed by atoms with E-state index in [0.717, 1.165) is 31.6 Å². The highest BCUT2D eigenvalue weighted by molar-refractivity contribution is 7.89. The average molecular weight is 287 g/mol. The monoisotopic (exact) mass is 287 g/mol. The van der Waals surface area contributed by atoms with E-state index in [2.05, 4.69) is 25.2 Å². The van der Waals surface area contributed by atoms with Gasteiger partial charge in [-0.2, -0.15) is 5.10 Å². The number of hydrogen-bond donors (Lipinski definition) is 3. The number of piperidine rings is 1. The maximum atomic E-state index is 11.9. The van der Waals surface area contributed by atoms with Gasteiger partial charge in [0.2, 0.25) is 10.0 Å². The maximum absolute atomic E-state index is 11.9. The molecule has 0 spiro atoms. The lowest BCUT2D eigenvalue weighted by Crippen LogP contribution is -2.42. The normalized spacial score (nSPS) is 20.5. The Kier molecular flexibility index (Phi) is 5.29. The van der Waals surface area contributed by atoms with Crippen LogP contribution in [0.1, 0.15) is 31.5 Å². The summed E-state index contributed by atoms with van der Waals surface area (Å²) in [7, 11) is -3.18. The molecule has 19 heavy (non-hydrogen) atoms. The number of hydrogen-bond acceptors (Lipinski definition) is 5. The van der Waals surface area contributed by atoms with Crippen molar-refractivity contribution in [1.29, 1.82) is 0 Å². The van der Waals surface area contributed by atoms with Crippen molar-refractivity contribution in [3.63, 3.8) is 0 Å². The Morgan fingerprint density at radius 2 is 2.32 bits per heavy atom. The third-order valence-corrected chi connectivity index (χ3v) is 4.70. The number of H-pyrrole nitrogens is 1. The molecular weight excluding hydrogens is 266 g/mol. The molecule has 1 aliphatic heterocycles. The van der Waals surface area contributed by atoms with Gasteiger partial charge in [0.05, 0.1) is 5.75 Å². The van der Waals surface area contributed by atoms with Crippen LogP contribution in [0.2, 0.25) is 0 Å². The van der Waals surface area contributed by atoms with Gasteiger partial charge < -0.3 is 5.32 Å². The summed E-state index contributed by atoms with van der Waals surface area (Å²) in [6.45, 7) is 1.36. The zero-order valence-corrected chi connectivity index (χ0v) is 11.7. The molecule has 1 fully saturated rings. The Morgan fingerprint density at radius 3 is 3.00 bits per heavy atom. The SMILES string of the molecule is O=S(=O)(CC1CCCCN1)NCCCc1ncn[nH]1. The molecule has 7 nitrogen and oxygen atoms in total. The molecule has 2 rings (SSSR count). The van der Waals surface area contributed by atoms with E-state index in [1.807, 2.05) is 0 Å². The topological polar surface area (TPSA) is 99.8 Å². The first-order valence-electron chi connectivity index (χ1n) is 6.71. The van der Waals surface area contributed by atoms with Crippen LogP contribution in [0.15, 0.2) is 6.33 Å². The molecule has 1 aliphatic rings. The van der Waals surface area contributed by atoms with Crippen LogP contribution < -0.4 is 10.0 Å². The van der Waals surface area contributed by atoms with Crippen LogP contribution in [0.4, 0.5) is 0 Å². The van der Waals surface area contributed by atoms with E-state index < -0.39 is 10.0 Å². The highest BCUT2D eigenvalue weighted by Crippen LogP contribution is 2.08. The second kappa shape index (κ2) is 6.97. The molecule has 0 amide bonds. The van der Waals surface area contributed by atoms with Crippen molar-refractivity contribution in [2.24, 2.45) is 0 Å². The number of rotatable bonds is 7. The number of nitrogens with one attached hydrogen (secondary N) is 3. The lowest BCUT2D eigenvalue weighted by molar-refractivity contribution is 0.422. The van der Waals surface area contributed by atoms with Gasteiger partial charge >= 0.3 is 0 Å². The van der Waals surface area contributed by atoms with Gasteiger partial charge in [-0.1, -0.05) is 6.42 Å². The van der Waals surface area contributed by atoms with E-state index in [1.54, 1.807) is 0 Å². The van der Waals surface area contributed by atoms with Crippen molar-refractivity contribution in [3.8, 4) is 0 Å². The first kappa shape index (κ1) is 14.4. The minimum Gasteiger partial charge on any atom is -0.313 e. The van der Waals surface area contributed by atoms with Crippen molar-refractivity contribution in [2.75, 3.05) is 18.8 Å².